The summed E-state index contributed by atoms with van der Waals surface area (Å²) in [6.07, 6.45) is -0.123. The summed E-state index contributed by atoms with van der Waals surface area (Å²) in [7, 11) is 0. The fourth-order valence-electron chi connectivity index (χ4n) is 3.14. The van der Waals surface area contributed by atoms with Crippen LogP contribution in [0.5, 0.6) is 5.75 Å². The van der Waals surface area contributed by atoms with Gasteiger partial charge in [0.05, 0.1) is 12.5 Å². The maximum atomic E-state index is 14.7. The molecule has 0 radical (unpaired) electrons. The average Bonchev–Trinajstić information content (AvgIpc) is 3.21. The van der Waals surface area contributed by atoms with Crippen LogP contribution in [0.3, 0.4) is 0 Å². The van der Waals surface area contributed by atoms with Gasteiger partial charge in [0.25, 0.3) is 0 Å². The van der Waals surface area contributed by atoms with E-state index in [0.29, 0.717) is 11.1 Å². The van der Waals surface area contributed by atoms with Crippen molar-refractivity contribution in [3.8, 4) is 16.9 Å². The second-order valence-corrected chi connectivity index (χ2v) is 7.90. The zero-order valence-electron chi connectivity index (χ0n) is 17.0. The molecule has 2 aromatic rings. The van der Waals surface area contributed by atoms with Gasteiger partial charge in [0.1, 0.15) is 0 Å². The highest BCUT2D eigenvalue weighted by Gasteiger charge is 2.47. The minimum atomic E-state index is -1.13. The largest absolute Gasteiger partial charge is 0.473 e. The highest BCUT2D eigenvalue weighted by Crippen LogP contribution is 2.35. The minimum Gasteiger partial charge on any atom is -0.473 e. The number of hydrogen-bond donors (Lipinski definition) is 0. The second-order valence-electron chi connectivity index (χ2n) is 6.77. The second kappa shape index (κ2) is 9.86. The molecule has 0 aliphatic carbocycles. The van der Waals surface area contributed by atoms with E-state index >= 15 is 0 Å². The third-order valence-corrected chi connectivity index (χ3v) is 5.55. The lowest BCUT2D eigenvalue weighted by Crippen LogP contribution is -2.55. The van der Waals surface area contributed by atoms with E-state index in [1.807, 2.05) is 0 Å². The van der Waals surface area contributed by atoms with Crippen LogP contribution >= 0.6 is 11.8 Å². The molecule has 0 unspecified atom stereocenters. The van der Waals surface area contributed by atoms with Gasteiger partial charge in [0.15, 0.2) is 35.3 Å². The van der Waals surface area contributed by atoms with Crippen molar-refractivity contribution >= 4 is 29.7 Å². The van der Waals surface area contributed by atoms with E-state index in [1.165, 1.54) is 45.4 Å². The third-order valence-electron chi connectivity index (χ3n) is 4.33. The van der Waals surface area contributed by atoms with Crippen LogP contribution in [0.15, 0.2) is 41.2 Å². The van der Waals surface area contributed by atoms with Gasteiger partial charge in [-0.15, -0.1) is 11.8 Å². The number of halogens is 1. The van der Waals surface area contributed by atoms with E-state index in [2.05, 4.69) is 0 Å². The summed E-state index contributed by atoms with van der Waals surface area (Å²) in [6, 6.07) is 6.09. The summed E-state index contributed by atoms with van der Waals surface area (Å²) in [6.45, 7) is 3.58. The van der Waals surface area contributed by atoms with Crippen LogP contribution in [0.4, 0.5) is 4.39 Å². The van der Waals surface area contributed by atoms with Gasteiger partial charge in [-0.3, -0.25) is 14.4 Å². The van der Waals surface area contributed by atoms with Crippen LogP contribution in [0, 0.1) is 5.82 Å². The number of carbonyl (C=O) groups is 3. The fourth-order valence-corrected chi connectivity index (χ4v) is 4.35. The van der Waals surface area contributed by atoms with Crippen molar-refractivity contribution in [1.29, 1.82) is 0 Å². The number of hydrogen-bond acceptors (Lipinski definition) is 9. The van der Waals surface area contributed by atoms with Crippen LogP contribution in [-0.2, 0) is 28.6 Å². The van der Waals surface area contributed by atoms with Gasteiger partial charge >= 0.3 is 17.9 Å². The van der Waals surface area contributed by atoms with Crippen molar-refractivity contribution in [3.63, 3.8) is 0 Å². The van der Waals surface area contributed by atoms with E-state index < -0.39 is 47.5 Å². The highest BCUT2D eigenvalue weighted by molar-refractivity contribution is 7.99. The molecule has 166 valence electrons. The molecule has 0 amide bonds. The predicted octanol–water partition coefficient (Wildman–Crippen LogP) is 3.33. The first-order chi connectivity index (χ1) is 14.7. The van der Waals surface area contributed by atoms with Gasteiger partial charge in [-0.2, -0.15) is 0 Å². The number of furan rings is 1. The molecule has 2 heterocycles. The van der Waals surface area contributed by atoms with Crippen molar-refractivity contribution < 1.29 is 42.1 Å². The summed E-state index contributed by atoms with van der Waals surface area (Å²) < 4.78 is 41.4. The van der Waals surface area contributed by atoms with Crippen LogP contribution in [0.25, 0.3) is 11.1 Å². The lowest BCUT2D eigenvalue weighted by Gasteiger charge is -2.39. The van der Waals surface area contributed by atoms with Crippen LogP contribution in [0.1, 0.15) is 20.8 Å². The van der Waals surface area contributed by atoms with Crippen molar-refractivity contribution in [2.75, 3.05) is 5.75 Å². The topological polar surface area (TPSA) is 101 Å². The Morgan fingerprint density at radius 1 is 0.968 bits per heavy atom. The maximum absolute atomic E-state index is 14.7. The molecule has 0 N–H and O–H groups in total. The standard InChI is InChI=1S/C21H21FO8S/c1-11(23)27-18-10-31-21(20(29-13(3)25)19(18)28-12(2)24)30-17-5-4-14(8-16(17)22)15-6-7-26-9-15/h4-9,18-21H,10H2,1-3H3/t18-,19+,20-,21+/m1/s1. The smallest absolute Gasteiger partial charge is 0.303 e. The minimum absolute atomic E-state index is 0.0746. The van der Waals surface area contributed by atoms with E-state index in [1.54, 1.807) is 12.1 Å². The van der Waals surface area contributed by atoms with Crippen molar-refractivity contribution in [1.82, 2.24) is 0 Å². The molecule has 10 heteroatoms. The zero-order chi connectivity index (χ0) is 22.5. The quantitative estimate of drug-likeness (QED) is 0.482. The average molecular weight is 452 g/mol. The lowest BCUT2D eigenvalue weighted by molar-refractivity contribution is -0.186. The Hall–Kier alpha value is -3.01. The molecule has 1 aliphatic rings. The maximum Gasteiger partial charge on any atom is 0.303 e. The molecule has 1 fully saturated rings. The van der Waals surface area contributed by atoms with E-state index in [4.69, 9.17) is 23.4 Å². The lowest BCUT2D eigenvalue weighted by atomic mass is 10.1. The zero-order valence-corrected chi connectivity index (χ0v) is 17.8. The Kier molecular flexibility index (Phi) is 7.21. The normalized spacial score (nSPS) is 23.0. The van der Waals surface area contributed by atoms with Gasteiger partial charge in [-0.1, -0.05) is 6.07 Å². The van der Waals surface area contributed by atoms with Crippen LogP contribution in [0.2, 0.25) is 0 Å². The molecule has 4 atom stereocenters. The Morgan fingerprint density at radius 2 is 1.65 bits per heavy atom. The molecule has 1 saturated heterocycles. The molecule has 3 rings (SSSR count). The molecular formula is C21H21FO8S. The molecule has 0 saturated carbocycles. The number of rotatable bonds is 6. The molecule has 8 nitrogen and oxygen atoms in total. The molecule has 0 bridgehead atoms. The number of benzene rings is 1. The fraction of sp³-hybridized carbons (Fsp3) is 0.381. The first kappa shape index (κ1) is 22.7. The monoisotopic (exact) mass is 452 g/mol. The van der Waals surface area contributed by atoms with E-state index in [-0.39, 0.29) is 11.5 Å². The molecule has 0 spiro atoms. The first-order valence-corrected chi connectivity index (χ1v) is 10.4. The Morgan fingerprint density at radius 3 is 2.23 bits per heavy atom. The van der Waals surface area contributed by atoms with Gasteiger partial charge in [-0.25, -0.2) is 4.39 Å². The van der Waals surface area contributed by atoms with E-state index in [9.17, 15) is 18.8 Å². The first-order valence-electron chi connectivity index (χ1n) is 9.36. The number of thioether (sulfide) groups is 1. The van der Waals surface area contributed by atoms with Crippen LogP contribution in [-0.4, -0.2) is 47.4 Å². The third kappa shape index (κ3) is 5.78. The van der Waals surface area contributed by atoms with Gasteiger partial charge in [0.2, 0.25) is 0 Å². The summed E-state index contributed by atoms with van der Waals surface area (Å²) in [4.78, 5) is 34.8. The number of ether oxygens (including phenoxy) is 4. The Labute approximate surface area is 182 Å². The summed E-state index contributed by atoms with van der Waals surface area (Å²) in [5.41, 5.74) is 0.392. The van der Waals surface area contributed by atoms with Gasteiger partial charge in [0, 0.05) is 32.1 Å². The summed E-state index contributed by atoms with van der Waals surface area (Å²) in [5.74, 6) is -2.41. The summed E-state index contributed by atoms with van der Waals surface area (Å²) >= 11 is 1.15. The molecule has 1 aromatic carbocycles. The van der Waals surface area contributed by atoms with Gasteiger partial charge in [-0.05, 0) is 23.8 Å². The Bertz CT molecular complexity index is 945. The SMILES string of the molecule is CC(=O)O[C@@H]1[C@@H](OC(C)=O)[C@@H](Oc2ccc(-c3ccoc3)cc2F)SC[C@H]1OC(C)=O. The van der Waals surface area contributed by atoms with E-state index in [0.717, 1.165) is 11.8 Å². The predicted molar refractivity (Wildman–Crippen MR) is 108 cm³/mol. The molecule has 31 heavy (non-hydrogen) atoms. The van der Waals surface area contributed by atoms with Crippen molar-refractivity contribution in [3.05, 3.63) is 42.6 Å². The molecule has 1 aromatic heterocycles. The number of esters is 3. The highest BCUT2D eigenvalue weighted by atomic mass is 32.2. The molecular weight excluding hydrogens is 431 g/mol. The van der Waals surface area contributed by atoms with Crippen LogP contribution < -0.4 is 4.74 Å². The summed E-state index contributed by atoms with van der Waals surface area (Å²) in [5, 5.41) is 0. The van der Waals surface area contributed by atoms with Crippen molar-refractivity contribution in [2.45, 2.75) is 44.5 Å². The molecule has 1 aliphatic heterocycles. The van der Waals surface area contributed by atoms with Crippen molar-refractivity contribution in [2.24, 2.45) is 0 Å². The Balaban J connectivity index is 1.85. The van der Waals surface area contributed by atoms with Gasteiger partial charge < -0.3 is 23.4 Å². The number of carbonyl (C=O) groups excluding carboxylic acids is 3.